The van der Waals surface area contributed by atoms with Crippen LogP contribution in [0.2, 0.25) is 0 Å². The van der Waals surface area contributed by atoms with E-state index in [1.54, 1.807) is 0 Å². The van der Waals surface area contributed by atoms with Gasteiger partial charge >= 0.3 is 12.2 Å². The zero-order valence-electron chi connectivity index (χ0n) is 21.9. The molecule has 0 saturated heterocycles. The molecule has 2 rings (SSSR count). The molecule has 0 bridgehead atoms. The Morgan fingerprint density at radius 2 is 1.00 bits per heavy atom. The molecule has 2 atom stereocenters. The first kappa shape index (κ1) is 28.2. The molecule has 7 heteroatoms. The molecule has 0 radical (unpaired) electrons. The van der Waals surface area contributed by atoms with Crippen molar-refractivity contribution in [2.45, 2.75) is 77.7 Å². The van der Waals surface area contributed by atoms with Crippen molar-refractivity contribution in [2.24, 2.45) is 0 Å². The summed E-state index contributed by atoms with van der Waals surface area (Å²) < 4.78 is 10.9. The molecule has 0 saturated carbocycles. The topological polar surface area (TPSA) is 88.7 Å². The number of carbonyl (C=O) groups is 2. The predicted molar refractivity (Wildman–Crippen MR) is 139 cm³/mol. The zero-order chi connectivity index (χ0) is 25.9. The quantitative estimate of drug-likeness (QED) is 0.450. The van der Waals surface area contributed by atoms with Crippen LogP contribution in [0, 0.1) is 0 Å². The fraction of sp³-hybridized carbons (Fsp3) is 0.500. The highest BCUT2D eigenvalue weighted by molar-refractivity contribution is 5.68. The van der Waals surface area contributed by atoms with E-state index in [1.807, 2.05) is 102 Å². The van der Waals surface area contributed by atoms with Gasteiger partial charge in [0.1, 0.15) is 11.2 Å². The standard InChI is InChI=1S/C28H41N3O4/c1-27(2,3)34-25(32)30-23(17-21-13-9-7-10-14-21)19-29-20-24(18-22-15-11-8-12-16-22)31-26(33)35-28(4,5)6/h7-16,23-24,29H,17-20H2,1-6H3,(H,30,32)(H,31,33). The van der Waals surface area contributed by atoms with Gasteiger partial charge in [-0.15, -0.1) is 0 Å². The first-order valence-corrected chi connectivity index (χ1v) is 12.2. The molecule has 3 N–H and O–H groups in total. The first-order valence-electron chi connectivity index (χ1n) is 12.2. The Kier molecular flexibility index (Phi) is 10.6. The lowest BCUT2D eigenvalue weighted by Gasteiger charge is -2.26. The summed E-state index contributed by atoms with van der Waals surface area (Å²) in [7, 11) is 0. The van der Waals surface area contributed by atoms with Crippen LogP contribution in [-0.2, 0) is 22.3 Å². The number of alkyl carbamates (subject to hydrolysis) is 2. The second kappa shape index (κ2) is 13.1. The van der Waals surface area contributed by atoms with Crippen molar-refractivity contribution in [3.8, 4) is 0 Å². The Morgan fingerprint density at radius 3 is 1.31 bits per heavy atom. The third-order valence-electron chi connectivity index (χ3n) is 4.87. The van der Waals surface area contributed by atoms with Gasteiger partial charge < -0.3 is 25.4 Å². The SMILES string of the molecule is CC(C)(C)OC(=O)NC(CNCC(Cc1ccccc1)NC(=O)OC(C)(C)C)Cc1ccccc1. The van der Waals surface area contributed by atoms with Crippen molar-refractivity contribution < 1.29 is 19.1 Å². The molecule has 0 aliphatic heterocycles. The maximum absolute atomic E-state index is 12.4. The van der Waals surface area contributed by atoms with E-state index in [1.165, 1.54) is 0 Å². The Balaban J connectivity index is 2.03. The Hall–Kier alpha value is -3.06. The maximum Gasteiger partial charge on any atom is 0.407 e. The van der Waals surface area contributed by atoms with Gasteiger partial charge in [-0.2, -0.15) is 0 Å². The summed E-state index contributed by atoms with van der Waals surface area (Å²) in [5.41, 5.74) is 1.07. The molecule has 0 heterocycles. The van der Waals surface area contributed by atoms with Crippen molar-refractivity contribution in [1.82, 2.24) is 16.0 Å². The molecule has 0 aliphatic carbocycles. The molecule has 0 fully saturated rings. The predicted octanol–water partition coefficient (Wildman–Crippen LogP) is 4.85. The largest absolute Gasteiger partial charge is 0.444 e. The van der Waals surface area contributed by atoms with Gasteiger partial charge in [-0.05, 0) is 65.5 Å². The summed E-state index contributed by atoms with van der Waals surface area (Å²) in [6, 6.07) is 19.6. The monoisotopic (exact) mass is 483 g/mol. The molecule has 0 aliphatic rings. The maximum atomic E-state index is 12.4. The highest BCUT2D eigenvalue weighted by Crippen LogP contribution is 2.10. The van der Waals surface area contributed by atoms with Crippen LogP contribution in [0.4, 0.5) is 9.59 Å². The lowest BCUT2D eigenvalue weighted by atomic mass is 10.0. The molecule has 2 amide bonds. The summed E-state index contributed by atoms with van der Waals surface area (Å²) in [5.74, 6) is 0. The second-order valence-electron chi connectivity index (χ2n) is 10.7. The van der Waals surface area contributed by atoms with Gasteiger partial charge in [0.05, 0.1) is 0 Å². The van der Waals surface area contributed by atoms with Crippen molar-refractivity contribution in [2.75, 3.05) is 13.1 Å². The average molecular weight is 484 g/mol. The van der Waals surface area contributed by atoms with E-state index in [9.17, 15) is 9.59 Å². The third-order valence-corrected chi connectivity index (χ3v) is 4.87. The molecule has 0 spiro atoms. The highest BCUT2D eigenvalue weighted by atomic mass is 16.6. The summed E-state index contributed by atoms with van der Waals surface area (Å²) in [4.78, 5) is 24.9. The lowest BCUT2D eigenvalue weighted by molar-refractivity contribution is 0.0498. The second-order valence-corrected chi connectivity index (χ2v) is 10.7. The molecule has 35 heavy (non-hydrogen) atoms. The Labute approximate surface area is 210 Å². The smallest absolute Gasteiger partial charge is 0.407 e. The van der Waals surface area contributed by atoms with E-state index in [4.69, 9.17) is 9.47 Å². The fourth-order valence-corrected chi connectivity index (χ4v) is 3.53. The normalized spacial score (nSPS) is 13.4. The molecular weight excluding hydrogens is 442 g/mol. The van der Waals surface area contributed by atoms with Crippen LogP contribution in [0.15, 0.2) is 60.7 Å². The van der Waals surface area contributed by atoms with E-state index in [0.717, 1.165) is 11.1 Å². The summed E-state index contributed by atoms with van der Waals surface area (Å²) in [6.07, 6.45) is 0.396. The Morgan fingerprint density at radius 1 is 0.657 bits per heavy atom. The Bertz CT molecular complexity index is 830. The lowest BCUT2D eigenvalue weighted by Crippen LogP contribution is -2.49. The van der Waals surface area contributed by atoms with Crippen LogP contribution in [0.5, 0.6) is 0 Å². The zero-order valence-corrected chi connectivity index (χ0v) is 21.9. The fourth-order valence-electron chi connectivity index (χ4n) is 3.53. The van der Waals surface area contributed by atoms with E-state index < -0.39 is 23.4 Å². The van der Waals surface area contributed by atoms with E-state index >= 15 is 0 Å². The van der Waals surface area contributed by atoms with Gasteiger partial charge in [-0.1, -0.05) is 60.7 Å². The van der Waals surface area contributed by atoms with E-state index in [2.05, 4.69) is 16.0 Å². The van der Waals surface area contributed by atoms with Crippen molar-refractivity contribution >= 4 is 12.2 Å². The van der Waals surface area contributed by atoms with E-state index in [-0.39, 0.29) is 12.1 Å². The number of benzene rings is 2. The number of ether oxygens (including phenoxy) is 2. The third kappa shape index (κ3) is 12.8. The highest BCUT2D eigenvalue weighted by Gasteiger charge is 2.22. The molecule has 192 valence electrons. The van der Waals surface area contributed by atoms with Gasteiger partial charge in [-0.3, -0.25) is 0 Å². The number of hydrogen-bond acceptors (Lipinski definition) is 5. The number of nitrogens with one attached hydrogen (secondary N) is 3. The number of hydrogen-bond donors (Lipinski definition) is 3. The molecular formula is C28H41N3O4. The minimum atomic E-state index is -0.576. The van der Waals surface area contributed by atoms with Gasteiger partial charge in [0, 0.05) is 25.2 Å². The molecule has 0 aromatic heterocycles. The van der Waals surface area contributed by atoms with Gasteiger partial charge in [0.25, 0.3) is 0 Å². The molecule has 2 aromatic rings. The number of amides is 2. The molecule has 7 nitrogen and oxygen atoms in total. The van der Waals surface area contributed by atoms with Crippen LogP contribution in [0.25, 0.3) is 0 Å². The van der Waals surface area contributed by atoms with Gasteiger partial charge in [-0.25, -0.2) is 9.59 Å². The molecule has 2 aromatic carbocycles. The minimum absolute atomic E-state index is 0.189. The summed E-state index contributed by atoms with van der Waals surface area (Å²) >= 11 is 0. The van der Waals surface area contributed by atoms with Gasteiger partial charge in [0.15, 0.2) is 0 Å². The summed E-state index contributed by atoms with van der Waals surface area (Å²) in [5, 5.41) is 9.39. The average Bonchev–Trinajstić information content (AvgIpc) is 2.72. The van der Waals surface area contributed by atoms with Crippen LogP contribution in [0.3, 0.4) is 0 Å². The van der Waals surface area contributed by atoms with Crippen molar-refractivity contribution in [3.05, 3.63) is 71.8 Å². The number of rotatable bonds is 10. The van der Waals surface area contributed by atoms with Crippen LogP contribution in [0.1, 0.15) is 52.7 Å². The van der Waals surface area contributed by atoms with Crippen LogP contribution >= 0.6 is 0 Å². The van der Waals surface area contributed by atoms with Crippen molar-refractivity contribution in [3.63, 3.8) is 0 Å². The van der Waals surface area contributed by atoms with E-state index in [0.29, 0.717) is 25.9 Å². The minimum Gasteiger partial charge on any atom is -0.444 e. The van der Waals surface area contributed by atoms with Crippen LogP contribution in [-0.4, -0.2) is 48.6 Å². The van der Waals surface area contributed by atoms with Crippen molar-refractivity contribution in [1.29, 1.82) is 0 Å². The summed E-state index contributed by atoms with van der Waals surface area (Å²) in [6.45, 7) is 12.1. The number of carbonyl (C=O) groups excluding carboxylic acids is 2. The van der Waals surface area contributed by atoms with Crippen LogP contribution < -0.4 is 16.0 Å². The van der Waals surface area contributed by atoms with Gasteiger partial charge in [0.2, 0.25) is 0 Å². The first-order chi connectivity index (χ1) is 16.4. The molecule has 2 unspecified atom stereocenters.